The van der Waals surface area contributed by atoms with Gasteiger partial charge in [-0.05, 0) is 67.2 Å². The summed E-state index contributed by atoms with van der Waals surface area (Å²) in [6.45, 7) is 22.6. The number of ether oxygens (including phenoxy) is 2. The van der Waals surface area contributed by atoms with Gasteiger partial charge in [0.25, 0.3) is 0 Å². The van der Waals surface area contributed by atoms with Gasteiger partial charge in [0.15, 0.2) is 0 Å². The molecule has 0 saturated carbocycles. The monoisotopic (exact) mass is 752 g/mol. The molecule has 2 N–H and O–H groups in total. The number of rotatable bonds is 17. The van der Waals surface area contributed by atoms with Crippen molar-refractivity contribution >= 4 is 18.2 Å². The van der Waals surface area contributed by atoms with Crippen LogP contribution in [0, 0.1) is 36.5 Å². The molecule has 0 bridgehead atoms. The zero-order valence-electron chi connectivity index (χ0n) is 25.8. The van der Waals surface area contributed by atoms with E-state index in [2.05, 4.69) is 24.5 Å². The fourth-order valence-corrected chi connectivity index (χ4v) is 3.08. The van der Waals surface area contributed by atoms with E-state index >= 15 is 0 Å². The van der Waals surface area contributed by atoms with E-state index in [4.69, 9.17) is 9.47 Å². The average molecular weight is 753 g/mol. The number of hydrogen-bond donors (Lipinski definition) is 2. The summed E-state index contributed by atoms with van der Waals surface area (Å²) in [7, 11) is 1.62. The second-order valence-electron chi connectivity index (χ2n) is 11.1. The van der Waals surface area contributed by atoms with Gasteiger partial charge in [0.05, 0.1) is 12.2 Å². The van der Waals surface area contributed by atoms with Crippen LogP contribution in [0.1, 0.15) is 108 Å². The molecule has 2 atom stereocenters. The Balaban J connectivity index is -0.00000375. The molecular weight excluding hydrogens is 696 g/mol. The normalized spacial score (nSPS) is 13.3. The number of amides is 3. The third kappa shape index (κ3) is 18.3. The molecule has 0 rings (SSSR count). The first-order valence-electron chi connectivity index (χ1n) is 13.5. The van der Waals surface area contributed by atoms with Crippen molar-refractivity contribution in [2.24, 2.45) is 5.41 Å². The first-order valence-corrected chi connectivity index (χ1v) is 13.5. The van der Waals surface area contributed by atoms with E-state index in [9.17, 15) is 14.4 Å². The number of likely N-dealkylation sites (N-methyl/N-ethyl adjacent to an activating group) is 1. The second-order valence-corrected chi connectivity index (χ2v) is 11.1. The number of hydrogen-bond acceptors (Lipinski definition) is 5. The van der Waals surface area contributed by atoms with Crippen molar-refractivity contribution in [2.45, 2.75) is 132 Å². The summed E-state index contributed by atoms with van der Waals surface area (Å²) in [5.41, 5.74) is -2.00. The van der Waals surface area contributed by atoms with Gasteiger partial charge in [-0.3, -0.25) is 11.1 Å². The fourth-order valence-electron chi connectivity index (χ4n) is 3.08. The predicted molar refractivity (Wildman–Crippen MR) is 148 cm³/mol. The van der Waals surface area contributed by atoms with Crippen molar-refractivity contribution in [1.82, 2.24) is 15.5 Å². The Kier molecular flexibility index (Phi) is 22.4. The van der Waals surface area contributed by atoms with Gasteiger partial charge in [-0.25, -0.2) is 4.79 Å². The SMILES string of the molecule is CC.CCCC(C)OCCC(C)(C)NC(=O)C(C)(C)N(C)C(=O)NCCC(C)OCCC(C)(C)[C-]=O.[U]. The molecule has 0 aliphatic heterocycles. The summed E-state index contributed by atoms with van der Waals surface area (Å²) in [6.07, 6.45) is 6.15. The van der Waals surface area contributed by atoms with Gasteiger partial charge in [0, 0.05) is 63.5 Å². The van der Waals surface area contributed by atoms with Gasteiger partial charge in [-0.15, -0.1) is 5.41 Å². The Morgan fingerprint density at radius 1 is 0.919 bits per heavy atom. The third-order valence-corrected chi connectivity index (χ3v) is 6.21. The standard InChI is InChI=1S/C26H50N3O5.C2H6.U/c1-11-12-20(2)34-18-15-25(6,7)28-22(31)26(8,9)29(10)23(32)27-16-13-21(3)33-17-14-24(4,5)19-30;1-2;/h20-21H,11-18H2,1-10H3,(H,27,32)(H,28,31);1-2H3;/q-1;;. The van der Waals surface area contributed by atoms with E-state index in [1.54, 1.807) is 20.9 Å². The van der Waals surface area contributed by atoms with Crippen molar-refractivity contribution in [3.63, 3.8) is 0 Å². The minimum Gasteiger partial charge on any atom is -0.541 e. The largest absolute Gasteiger partial charge is 0.541 e. The van der Waals surface area contributed by atoms with Crippen molar-refractivity contribution in [3.8, 4) is 0 Å². The van der Waals surface area contributed by atoms with E-state index in [-0.39, 0.29) is 55.3 Å². The molecule has 0 fully saturated rings. The number of carbonyl (C=O) groups is 2. The van der Waals surface area contributed by atoms with Crippen LogP contribution in [-0.4, -0.2) is 73.2 Å². The molecule has 0 spiro atoms. The molecule has 218 valence electrons. The second kappa shape index (κ2) is 20.3. The van der Waals surface area contributed by atoms with Crippen molar-refractivity contribution < 1.29 is 55.0 Å². The summed E-state index contributed by atoms with van der Waals surface area (Å²) >= 11 is 0. The maximum atomic E-state index is 13.0. The summed E-state index contributed by atoms with van der Waals surface area (Å²) in [5, 5.41) is 5.92. The number of carbonyl (C=O) groups excluding carboxylic acids is 3. The number of urea groups is 1. The van der Waals surface area contributed by atoms with Crippen LogP contribution in [0.5, 0.6) is 0 Å². The molecule has 0 aliphatic rings. The Bertz CT molecular complexity index is 641. The molecule has 0 aromatic rings. The quantitative estimate of drug-likeness (QED) is 0.198. The van der Waals surface area contributed by atoms with Crippen LogP contribution in [-0.2, 0) is 19.1 Å². The van der Waals surface area contributed by atoms with E-state index in [0.717, 1.165) is 12.8 Å². The Morgan fingerprint density at radius 2 is 1.41 bits per heavy atom. The molecule has 0 aromatic carbocycles. The molecular formula is C28H56N3O5U-. The molecule has 9 heteroatoms. The molecule has 37 heavy (non-hydrogen) atoms. The smallest absolute Gasteiger partial charge is 0.318 e. The van der Waals surface area contributed by atoms with Crippen LogP contribution in [0.15, 0.2) is 0 Å². The topological polar surface area (TPSA) is 97.0 Å². The van der Waals surface area contributed by atoms with Crippen LogP contribution in [0.25, 0.3) is 0 Å². The van der Waals surface area contributed by atoms with Crippen molar-refractivity contribution in [1.29, 1.82) is 0 Å². The van der Waals surface area contributed by atoms with E-state index < -0.39 is 16.5 Å². The molecule has 0 aliphatic carbocycles. The third-order valence-electron chi connectivity index (χ3n) is 6.21. The Morgan fingerprint density at radius 3 is 1.89 bits per heavy atom. The Hall–Kier alpha value is -0.618. The number of nitrogens with one attached hydrogen (secondary N) is 2. The zero-order chi connectivity index (χ0) is 28.6. The summed E-state index contributed by atoms with van der Waals surface area (Å²) in [6, 6.07) is -0.321. The minimum absolute atomic E-state index is 0. The predicted octanol–water partition coefficient (Wildman–Crippen LogP) is 5.24. The molecule has 2 unspecified atom stereocenters. The van der Waals surface area contributed by atoms with Crippen LogP contribution in [0.4, 0.5) is 4.79 Å². The average Bonchev–Trinajstić information content (AvgIpc) is 2.79. The van der Waals surface area contributed by atoms with Gasteiger partial charge >= 0.3 is 6.03 Å². The molecule has 8 nitrogen and oxygen atoms in total. The molecule has 0 radical (unpaired) electrons. The maximum absolute atomic E-state index is 13.0. The van der Waals surface area contributed by atoms with Crippen LogP contribution < -0.4 is 10.6 Å². The molecule has 0 saturated heterocycles. The van der Waals surface area contributed by atoms with Crippen molar-refractivity contribution in [3.05, 3.63) is 0 Å². The van der Waals surface area contributed by atoms with Gasteiger partial charge in [0.2, 0.25) is 5.91 Å². The zero-order valence-corrected chi connectivity index (χ0v) is 30.0. The first kappa shape index (κ1) is 40.9. The molecule has 0 heterocycles. The maximum Gasteiger partial charge on any atom is 0.318 e. The molecule has 3 amide bonds. The van der Waals surface area contributed by atoms with Crippen molar-refractivity contribution in [2.75, 3.05) is 26.8 Å². The van der Waals surface area contributed by atoms with E-state index in [1.165, 1.54) is 4.90 Å². The first-order chi connectivity index (χ1) is 16.6. The van der Waals surface area contributed by atoms with Gasteiger partial charge in [-0.1, -0.05) is 41.0 Å². The van der Waals surface area contributed by atoms with Crippen LogP contribution in [0.3, 0.4) is 0 Å². The van der Waals surface area contributed by atoms with Gasteiger partial charge < -0.3 is 29.8 Å². The van der Waals surface area contributed by atoms with Gasteiger partial charge in [-0.2, -0.15) is 0 Å². The van der Waals surface area contributed by atoms with Gasteiger partial charge in [0.1, 0.15) is 5.54 Å². The summed E-state index contributed by atoms with van der Waals surface area (Å²) in [5.74, 6) is -0.219. The van der Waals surface area contributed by atoms with Crippen LogP contribution >= 0.6 is 0 Å². The summed E-state index contributed by atoms with van der Waals surface area (Å²) < 4.78 is 11.6. The summed E-state index contributed by atoms with van der Waals surface area (Å²) in [4.78, 5) is 37.9. The van der Waals surface area contributed by atoms with E-state index in [0.29, 0.717) is 39.0 Å². The minimum atomic E-state index is -1.03. The Labute approximate surface area is 251 Å². The van der Waals surface area contributed by atoms with Crippen LogP contribution in [0.2, 0.25) is 0 Å². The number of nitrogens with zero attached hydrogens (tertiary/aromatic N) is 1. The molecule has 0 aromatic heterocycles. The fraction of sp³-hybridized carbons (Fsp3) is 0.893. The van der Waals surface area contributed by atoms with E-state index in [1.807, 2.05) is 54.8 Å².